The summed E-state index contributed by atoms with van der Waals surface area (Å²) in [4.78, 5) is 5.95. The number of benzene rings is 1. The van der Waals surface area contributed by atoms with Crippen LogP contribution in [0, 0.1) is 0 Å². The second-order valence-corrected chi connectivity index (χ2v) is 6.75. The number of H-pyrrole nitrogens is 1. The van der Waals surface area contributed by atoms with Gasteiger partial charge in [-0.3, -0.25) is 0 Å². The Morgan fingerprint density at radius 2 is 2.27 bits per heavy atom. The number of aromatic amines is 1. The fourth-order valence-electron chi connectivity index (χ4n) is 4.58. The van der Waals surface area contributed by atoms with Gasteiger partial charge >= 0.3 is 0 Å². The van der Waals surface area contributed by atoms with E-state index in [9.17, 15) is 0 Å². The molecular formula is C18H19N3O. The Morgan fingerprint density at radius 1 is 1.32 bits per heavy atom. The highest BCUT2D eigenvalue weighted by molar-refractivity contribution is 5.88. The molecule has 22 heavy (non-hydrogen) atoms. The van der Waals surface area contributed by atoms with E-state index in [-0.39, 0.29) is 0 Å². The average molecular weight is 293 g/mol. The normalized spacial score (nSPS) is 28.0. The zero-order valence-corrected chi connectivity index (χ0v) is 12.6. The summed E-state index contributed by atoms with van der Waals surface area (Å²) in [5.41, 5.74) is 4.24. The molecule has 0 spiro atoms. The Morgan fingerprint density at radius 3 is 3.14 bits per heavy atom. The number of rotatable bonds is 1. The summed E-state index contributed by atoms with van der Waals surface area (Å²) in [6.45, 7) is 1.05. The van der Waals surface area contributed by atoms with Gasteiger partial charge in [-0.2, -0.15) is 0 Å². The Balaban J connectivity index is 1.62. The third-order valence-corrected chi connectivity index (χ3v) is 5.59. The quantitative estimate of drug-likeness (QED) is 0.749. The van der Waals surface area contributed by atoms with Crippen LogP contribution in [0.25, 0.3) is 10.9 Å². The molecule has 3 atom stereocenters. The van der Waals surface area contributed by atoms with E-state index in [0.29, 0.717) is 17.9 Å². The molecule has 1 aliphatic carbocycles. The Kier molecular flexibility index (Phi) is 2.53. The number of hydrogen-bond acceptors (Lipinski definition) is 3. The molecule has 4 nitrogen and oxygen atoms in total. The van der Waals surface area contributed by atoms with Crippen molar-refractivity contribution in [1.82, 2.24) is 15.0 Å². The first kappa shape index (κ1) is 12.5. The molecule has 1 aliphatic heterocycles. The molecule has 1 fully saturated rings. The lowest BCUT2D eigenvalue weighted by Gasteiger charge is -2.45. The zero-order valence-electron chi connectivity index (χ0n) is 12.6. The summed E-state index contributed by atoms with van der Waals surface area (Å²) in [7, 11) is 2.25. The molecule has 2 aliphatic rings. The van der Waals surface area contributed by atoms with Gasteiger partial charge < -0.3 is 14.4 Å². The minimum Gasteiger partial charge on any atom is -0.361 e. The smallest absolute Gasteiger partial charge is 0.141 e. The van der Waals surface area contributed by atoms with Crippen molar-refractivity contribution in [3.05, 3.63) is 53.5 Å². The molecule has 3 aromatic rings. The number of likely N-dealkylation sites (tertiary alicyclic amines) is 1. The van der Waals surface area contributed by atoms with Crippen LogP contribution in [0.2, 0.25) is 0 Å². The molecule has 3 heterocycles. The van der Waals surface area contributed by atoms with Gasteiger partial charge in [0.1, 0.15) is 5.76 Å². The Hall–Kier alpha value is -2.07. The number of fused-ring (bicyclic) bond motifs is 2. The molecule has 5 rings (SSSR count). The van der Waals surface area contributed by atoms with Gasteiger partial charge in [-0.1, -0.05) is 17.3 Å². The maximum atomic E-state index is 5.45. The third-order valence-electron chi connectivity index (χ3n) is 5.59. The molecule has 0 amide bonds. The number of nitrogens with one attached hydrogen (secondary N) is 1. The molecule has 1 saturated heterocycles. The molecule has 1 aromatic carbocycles. The minimum absolute atomic E-state index is 0.435. The zero-order chi connectivity index (χ0) is 14.7. The average Bonchev–Trinajstić information content (AvgIpc) is 3.19. The van der Waals surface area contributed by atoms with Crippen LogP contribution in [-0.2, 0) is 6.42 Å². The van der Waals surface area contributed by atoms with E-state index in [4.69, 9.17) is 4.52 Å². The van der Waals surface area contributed by atoms with E-state index in [1.165, 1.54) is 22.0 Å². The summed E-state index contributed by atoms with van der Waals surface area (Å²) in [6.07, 6.45) is 6.24. The van der Waals surface area contributed by atoms with Crippen LogP contribution in [0.15, 0.2) is 41.2 Å². The van der Waals surface area contributed by atoms with E-state index >= 15 is 0 Å². The van der Waals surface area contributed by atoms with E-state index < -0.39 is 0 Å². The summed E-state index contributed by atoms with van der Waals surface area (Å²) in [5, 5.41) is 5.35. The van der Waals surface area contributed by atoms with E-state index in [1.54, 1.807) is 6.20 Å². The molecule has 1 N–H and O–H groups in total. The van der Waals surface area contributed by atoms with E-state index in [2.05, 4.69) is 46.5 Å². The maximum Gasteiger partial charge on any atom is 0.141 e. The van der Waals surface area contributed by atoms with Gasteiger partial charge in [0.05, 0.1) is 6.20 Å². The molecule has 0 bridgehead atoms. The predicted octanol–water partition coefficient (Wildman–Crippen LogP) is 3.28. The van der Waals surface area contributed by atoms with Crippen molar-refractivity contribution in [1.29, 1.82) is 0 Å². The van der Waals surface area contributed by atoms with Crippen molar-refractivity contribution >= 4 is 10.9 Å². The standard InChI is InChI=1S/C18H19N3O/c1-21-10-12(17-5-6-20-22-17)7-14-13-3-2-4-15-18(13)11(9-19-15)8-16(14)21/h2-6,9,12,14,16,19H,7-8,10H2,1H3/t12-,14?,16-/m1/s1. The number of likely N-dealkylation sites (N-methyl/N-ethyl adjacent to an activating group) is 1. The molecule has 2 aromatic heterocycles. The second kappa shape index (κ2) is 4.46. The van der Waals surface area contributed by atoms with Gasteiger partial charge in [0.15, 0.2) is 0 Å². The number of hydrogen-bond donors (Lipinski definition) is 1. The first-order valence-electron chi connectivity index (χ1n) is 8.01. The van der Waals surface area contributed by atoms with Crippen LogP contribution < -0.4 is 0 Å². The number of aromatic nitrogens is 2. The van der Waals surface area contributed by atoms with Crippen molar-refractivity contribution in [2.24, 2.45) is 0 Å². The predicted molar refractivity (Wildman–Crippen MR) is 85.0 cm³/mol. The maximum absolute atomic E-state index is 5.45. The molecule has 0 saturated carbocycles. The largest absolute Gasteiger partial charge is 0.361 e. The highest BCUT2D eigenvalue weighted by atomic mass is 16.5. The number of nitrogens with zero attached hydrogens (tertiary/aromatic N) is 2. The van der Waals surface area contributed by atoms with Gasteiger partial charge in [0.25, 0.3) is 0 Å². The molecular weight excluding hydrogens is 274 g/mol. The Labute approximate surface area is 129 Å². The van der Waals surface area contributed by atoms with E-state index in [0.717, 1.165) is 25.1 Å². The van der Waals surface area contributed by atoms with Crippen molar-refractivity contribution in [3.63, 3.8) is 0 Å². The molecule has 4 heteroatoms. The summed E-state index contributed by atoms with van der Waals surface area (Å²) >= 11 is 0. The summed E-state index contributed by atoms with van der Waals surface area (Å²) in [5.74, 6) is 2.03. The monoisotopic (exact) mass is 293 g/mol. The highest BCUT2D eigenvalue weighted by Crippen LogP contribution is 2.46. The summed E-state index contributed by atoms with van der Waals surface area (Å²) in [6, 6.07) is 9.28. The molecule has 112 valence electrons. The van der Waals surface area contributed by atoms with Gasteiger partial charge in [0, 0.05) is 47.6 Å². The van der Waals surface area contributed by atoms with Gasteiger partial charge in [0.2, 0.25) is 0 Å². The van der Waals surface area contributed by atoms with Crippen molar-refractivity contribution in [2.75, 3.05) is 13.6 Å². The number of piperidine rings is 1. The van der Waals surface area contributed by atoms with Gasteiger partial charge in [-0.25, -0.2) is 0 Å². The van der Waals surface area contributed by atoms with Crippen molar-refractivity contribution in [2.45, 2.75) is 30.7 Å². The van der Waals surface area contributed by atoms with Crippen LogP contribution in [0.4, 0.5) is 0 Å². The van der Waals surface area contributed by atoms with Gasteiger partial charge in [-0.05, 0) is 37.1 Å². The molecule has 0 radical (unpaired) electrons. The third kappa shape index (κ3) is 1.64. The SMILES string of the molecule is CN1C[C@H](c2ccno2)CC2c3cccc4[nH]cc(c34)C[C@H]21. The van der Waals surface area contributed by atoms with E-state index in [1.807, 2.05) is 6.07 Å². The lowest BCUT2D eigenvalue weighted by Crippen LogP contribution is -2.47. The van der Waals surface area contributed by atoms with Crippen LogP contribution >= 0.6 is 0 Å². The fourth-order valence-corrected chi connectivity index (χ4v) is 4.58. The minimum atomic E-state index is 0.435. The second-order valence-electron chi connectivity index (χ2n) is 6.75. The summed E-state index contributed by atoms with van der Waals surface area (Å²) < 4.78 is 5.45. The topological polar surface area (TPSA) is 45.1 Å². The van der Waals surface area contributed by atoms with Crippen LogP contribution in [0.3, 0.4) is 0 Å². The first-order chi connectivity index (χ1) is 10.8. The highest BCUT2D eigenvalue weighted by Gasteiger charge is 2.40. The van der Waals surface area contributed by atoms with Gasteiger partial charge in [-0.15, -0.1) is 0 Å². The van der Waals surface area contributed by atoms with Crippen LogP contribution in [0.5, 0.6) is 0 Å². The lowest BCUT2D eigenvalue weighted by molar-refractivity contribution is 0.128. The van der Waals surface area contributed by atoms with Crippen molar-refractivity contribution < 1.29 is 4.52 Å². The van der Waals surface area contributed by atoms with Crippen LogP contribution in [-0.4, -0.2) is 34.7 Å². The fraction of sp³-hybridized carbons (Fsp3) is 0.389. The van der Waals surface area contributed by atoms with Crippen LogP contribution in [0.1, 0.15) is 35.1 Å². The lowest BCUT2D eigenvalue weighted by atomic mass is 9.72. The Bertz CT molecular complexity index is 820. The molecule has 1 unspecified atom stereocenters. The van der Waals surface area contributed by atoms with Crippen molar-refractivity contribution in [3.8, 4) is 0 Å². The first-order valence-corrected chi connectivity index (χ1v) is 8.01.